The van der Waals surface area contributed by atoms with Crippen LogP contribution in [0.5, 0.6) is 5.75 Å². The van der Waals surface area contributed by atoms with Gasteiger partial charge in [0, 0.05) is 36.5 Å². The van der Waals surface area contributed by atoms with Gasteiger partial charge in [-0.2, -0.15) is 5.26 Å². The van der Waals surface area contributed by atoms with E-state index in [1.807, 2.05) is 0 Å². The van der Waals surface area contributed by atoms with Crippen LogP contribution in [0.2, 0.25) is 0 Å². The van der Waals surface area contributed by atoms with E-state index in [1.54, 1.807) is 13.2 Å². The topological polar surface area (TPSA) is 36.3 Å². The summed E-state index contributed by atoms with van der Waals surface area (Å²) in [4.78, 5) is 2.48. The molecule has 1 aromatic carbocycles. The third kappa shape index (κ3) is 7.10. The summed E-state index contributed by atoms with van der Waals surface area (Å²) in [6, 6.07) is 8.73. The summed E-state index contributed by atoms with van der Waals surface area (Å²) in [7, 11) is 1.75. The molecule has 1 aromatic rings. The summed E-state index contributed by atoms with van der Waals surface area (Å²) in [5.74, 6) is 0.908. The van der Waals surface area contributed by atoms with Gasteiger partial charge in [0.15, 0.2) is 0 Å². The van der Waals surface area contributed by atoms with Crippen molar-refractivity contribution in [3.8, 4) is 11.8 Å². The summed E-state index contributed by atoms with van der Waals surface area (Å²) in [5, 5.41) is 9.04. The zero-order chi connectivity index (χ0) is 22.0. The summed E-state index contributed by atoms with van der Waals surface area (Å²) in [6.07, 6.45) is 14.9. The molecule has 0 fully saturated rings. The Hall–Kier alpha value is -2.47. The summed E-state index contributed by atoms with van der Waals surface area (Å²) < 4.78 is 5.73. The highest BCUT2D eigenvalue weighted by atomic mass is 16.5. The van der Waals surface area contributed by atoms with Gasteiger partial charge >= 0.3 is 0 Å². The van der Waals surface area contributed by atoms with Crippen LogP contribution >= 0.6 is 0 Å². The lowest BCUT2D eigenvalue weighted by atomic mass is 9.75. The Bertz CT molecular complexity index is 816. The molecule has 1 aliphatic carbocycles. The molecule has 0 bridgehead atoms. The SMILES string of the molecule is CCCCN(CCCC)c1ccc(/C=C/C2=CC(=C/C#N)/CC(C)(C)C2)c(OC)c1. The highest BCUT2D eigenvalue weighted by molar-refractivity contribution is 5.65. The van der Waals surface area contributed by atoms with E-state index in [2.05, 4.69) is 75.1 Å². The molecule has 0 aromatic heterocycles. The quantitative estimate of drug-likeness (QED) is 0.382. The summed E-state index contributed by atoms with van der Waals surface area (Å²) in [5.41, 5.74) is 4.86. The van der Waals surface area contributed by atoms with E-state index in [0.717, 1.165) is 42.8 Å². The van der Waals surface area contributed by atoms with Gasteiger partial charge in [0.2, 0.25) is 0 Å². The Labute approximate surface area is 183 Å². The number of nitrogens with zero attached hydrogens (tertiary/aromatic N) is 2. The molecular weight excluding hydrogens is 368 g/mol. The fourth-order valence-corrected chi connectivity index (χ4v) is 4.09. The number of nitriles is 1. The van der Waals surface area contributed by atoms with Crippen molar-refractivity contribution in [3.63, 3.8) is 0 Å². The standard InChI is InChI=1S/C27H38N2O/c1-6-8-16-29(17-9-7-2)25-13-12-24(26(19-25)30-5)11-10-22-18-23(14-15-28)21-27(3,4)20-22/h10-14,18-19H,6-9,16-17,20-21H2,1-5H3/b11-10+,23-14-. The highest BCUT2D eigenvalue weighted by Gasteiger charge is 2.24. The molecule has 0 unspecified atom stereocenters. The number of rotatable bonds is 10. The maximum Gasteiger partial charge on any atom is 0.128 e. The van der Waals surface area contributed by atoms with Crippen molar-refractivity contribution in [1.82, 2.24) is 0 Å². The third-order valence-electron chi connectivity index (χ3n) is 5.61. The molecule has 0 aliphatic heterocycles. The van der Waals surface area contributed by atoms with Gasteiger partial charge in [0.25, 0.3) is 0 Å². The van der Waals surface area contributed by atoms with Crippen molar-refractivity contribution in [3.05, 3.63) is 53.1 Å². The van der Waals surface area contributed by atoms with Crippen LogP contribution in [0.15, 0.2) is 47.6 Å². The highest BCUT2D eigenvalue weighted by Crippen LogP contribution is 2.38. The number of allylic oxidation sites excluding steroid dienone is 5. The molecule has 0 amide bonds. The fourth-order valence-electron chi connectivity index (χ4n) is 4.09. The van der Waals surface area contributed by atoms with E-state index < -0.39 is 0 Å². The maximum atomic E-state index is 9.04. The van der Waals surface area contributed by atoms with Crippen LogP contribution in [0.25, 0.3) is 6.08 Å². The average Bonchev–Trinajstić information content (AvgIpc) is 2.71. The largest absolute Gasteiger partial charge is 0.496 e. The zero-order valence-corrected chi connectivity index (χ0v) is 19.5. The monoisotopic (exact) mass is 406 g/mol. The van der Waals surface area contributed by atoms with E-state index in [0.29, 0.717) is 0 Å². The first-order valence-electron chi connectivity index (χ1n) is 11.3. The zero-order valence-electron chi connectivity index (χ0n) is 19.5. The van der Waals surface area contributed by atoms with Crippen molar-refractivity contribution in [2.45, 2.75) is 66.2 Å². The minimum Gasteiger partial charge on any atom is -0.496 e. The molecule has 2 rings (SSSR count). The lowest BCUT2D eigenvalue weighted by Gasteiger charge is -2.30. The summed E-state index contributed by atoms with van der Waals surface area (Å²) >= 11 is 0. The predicted octanol–water partition coefficient (Wildman–Crippen LogP) is 7.31. The van der Waals surface area contributed by atoms with Crippen molar-refractivity contribution >= 4 is 11.8 Å². The van der Waals surface area contributed by atoms with Crippen LogP contribution < -0.4 is 9.64 Å². The Morgan fingerprint density at radius 1 is 1.10 bits per heavy atom. The third-order valence-corrected chi connectivity index (χ3v) is 5.61. The predicted molar refractivity (Wildman–Crippen MR) is 129 cm³/mol. The molecule has 0 saturated carbocycles. The molecule has 0 spiro atoms. The minimum atomic E-state index is 0.171. The van der Waals surface area contributed by atoms with Crippen LogP contribution in [0, 0.1) is 16.7 Å². The second-order valence-corrected chi connectivity index (χ2v) is 9.04. The molecule has 162 valence electrons. The molecule has 0 radical (unpaired) electrons. The number of methoxy groups -OCH3 is 1. The van der Waals surface area contributed by atoms with Crippen LogP contribution in [0.3, 0.4) is 0 Å². The van der Waals surface area contributed by atoms with Crippen LogP contribution in [0.4, 0.5) is 5.69 Å². The molecular formula is C27H38N2O. The van der Waals surface area contributed by atoms with Crippen LogP contribution in [-0.2, 0) is 0 Å². The van der Waals surface area contributed by atoms with E-state index in [9.17, 15) is 0 Å². The fraction of sp³-hybridized carbons (Fsp3) is 0.519. The van der Waals surface area contributed by atoms with Gasteiger partial charge in [0.1, 0.15) is 5.75 Å². The molecule has 3 nitrogen and oxygen atoms in total. The molecule has 1 aliphatic rings. The van der Waals surface area contributed by atoms with Gasteiger partial charge in [-0.15, -0.1) is 0 Å². The normalized spacial score (nSPS) is 17.1. The molecule has 0 N–H and O–H groups in total. The second-order valence-electron chi connectivity index (χ2n) is 9.04. The molecule has 0 heterocycles. The van der Waals surface area contributed by atoms with E-state index in [4.69, 9.17) is 10.00 Å². The number of hydrogen-bond acceptors (Lipinski definition) is 3. The van der Waals surface area contributed by atoms with Gasteiger partial charge in [-0.1, -0.05) is 58.8 Å². The lowest BCUT2D eigenvalue weighted by molar-refractivity contribution is 0.355. The number of ether oxygens (including phenoxy) is 1. The minimum absolute atomic E-state index is 0.171. The molecule has 0 saturated heterocycles. The molecule has 0 atom stereocenters. The van der Waals surface area contributed by atoms with Crippen molar-refractivity contribution < 1.29 is 4.74 Å². The number of benzene rings is 1. The first-order valence-corrected chi connectivity index (χ1v) is 11.3. The van der Waals surface area contributed by atoms with E-state index in [-0.39, 0.29) is 5.41 Å². The first-order chi connectivity index (χ1) is 14.4. The summed E-state index contributed by atoms with van der Waals surface area (Å²) in [6.45, 7) is 11.2. The van der Waals surface area contributed by atoms with Crippen molar-refractivity contribution in [1.29, 1.82) is 5.26 Å². The van der Waals surface area contributed by atoms with Crippen LogP contribution in [0.1, 0.15) is 71.8 Å². The smallest absolute Gasteiger partial charge is 0.128 e. The molecule has 3 heteroatoms. The van der Waals surface area contributed by atoms with Gasteiger partial charge in [0.05, 0.1) is 13.2 Å². The van der Waals surface area contributed by atoms with Gasteiger partial charge < -0.3 is 9.64 Å². The van der Waals surface area contributed by atoms with Crippen LogP contribution in [-0.4, -0.2) is 20.2 Å². The number of unbranched alkanes of at least 4 members (excludes halogenated alkanes) is 2. The van der Waals surface area contributed by atoms with Crippen molar-refractivity contribution in [2.75, 3.05) is 25.1 Å². The Kier molecular flexibility index (Phi) is 9.24. The van der Waals surface area contributed by atoms with Gasteiger partial charge in [-0.3, -0.25) is 0 Å². The van der Waals surface area contributed by atoms with Crippen molar-refractivity contribution in [2.24, 2.45) is 5.41 Å². The number of anilines is 1. The average molecular weight is 407 g/mol. The maximum absolute atomic E-state index is 9.04. The molecule has 30 heavy (non-hydrogen) atoms. The lowest BCUT2D eigenvalue weighted by Crippen LogP contribution is -2.25. The van der Waals surface area contributed by atoms with Gasteiger partial charge in [-0.25, -0.2) is 0 Å². The Morgan fingerprint density at radius 2 is 1.80 bits per heavy atom. The van der Waals surface area contributed by atoms with Gasteiger partial charge in [-0.05, 0) is 54.4 Å². The Morgan fingerprint density at radius 3 is 2.40 bits per heavy atom. The van der Waals surface area contributed by atoms with E-state index >= 15 is 0 Å². The Balaban J connectivity index is 2.25. The second kappa shape index (κ2) is 11.6. The first kappa shape index (κ1) is 23.8. The van der Waals surface area contributed by atoms with E-state index in [1.165, 1.54) is 36.9 Å². The number of hydrogen-bond donors (Lipinski definition) is 0.